The van der Waals surface area contributed by atoms with Gasteiger partial charge in [0.2, 0.25) is 0 Å². The molecule has 0 unspecified atom stereocenters. The van der Waals surface area contributed by atoms with E-state index >= 15 is 0 Å². The van der Waals surface area contributed by atoms with E-state index in [0.29, 0.717) is 17.9 Å². The van der Waals surface area contributed by atoms with Gasteiger partial charge in [0.1, 0.15) is 0 Å². The van der Waals surface area contributed by atoms with Gasteiger partial charge in [0.05, 0.1) is 18.8 Å². The summed E-state index contributed by atoms with van der Waals surface area (Å²) in [4.78, 5) is 24.4. The average molecular weight is 266 g/mol. The van der Waals surface area contributed by atoms with Crippen LogP contribution in [0, 0.1) is 0 Å². The third-order valence-electron chi connectivity index (χ3n) is 2.43. The first kappa shape index (κ1) is 15.0. The van der Waals surface area contributed by atoms with Crippen LogP contribution in [0.1, 0.15) is 17.3 Å². The monoisotopic (exact) mass is 266 g/mol. The van der Waals surface area contributed by atoms with Crippen LogP contribution in [0.25, 0.3) is 0 Å². The second-order valence-electron chi connectivity index (χ2n) is 3.87. The fraction of sp³-hybridized carbons (Fsp3) is 0.385. The second-order valence-corrected chi connectivity index (χ2v) is 3.87. The molecular formula is C13H18N2O4. The Bertz CT molecular complexity index is 431. The summed E-state index contributed by atoms with van der Waals surface area (Å²) in [5.74, 6) is -0.391. The largest absolute Gasteiger partial charge is 0.462 e. The van der Waals surface area contributed by atoms with Gasteiger partial charge in [-0.3, -0.25) is 0 Å². The number of nitrogens with zero attached hydrogens (tertiary/aromatic N) is 1. The number of esters is 1. The minimum Gasteiger partial charge on any atom is -0.462 e. The molecule has 2 N–H and O–H groups in total. The molecule has 0 aromatic heterocycles. The van der Waals surface area contributed by atoms with Gasteiger partial charge in [0.15, 0.2) is 0 Å². The number of carbonyl (C=O) groups excluding carboxylic acids is 2. The van der Waals surface area contributed by atoms with Crippen LogP contribution < -0.4 is 5.32 Å². The van der Waals surface area contributed by atoms with Crippen LogP contribution in [-0.4, -0.2) is 48.8 Å². The summed E-state index contributed by atoms with van der Waals surface area (Å²) >= 11 is 0. The number of urea groups is 1. The van der Waals surface area contributed by atoms with Crippen LogP contribution in [0.15, 0.2) is 24.3 Å². The summed E-state index contributed by atoms with van der Waals surface area (Å²) in [5.41, 5.74) is 1.01. The van der Waals surface area contributed by atoms with Gasteiger partial charge in [-0.2, -0.15) is 0 Å². The Morgan fingerprint density at radius 2 is 1.95 bits per heavy atom. The zero-order valence-corrected chi connectivity index (χ0v) is 11.0. The molecule has 0 aliphatic rings. The molecule has 0 saturated carbocycles. The minimum absolute atomic E-state index is 0.0916. The molecule has 104 valence electrons. The Balaban J connectivity index is 2.62. The van der Waals surface area contributed by atoms with Crippen LogP contribution in [0.5, 0.6) is 0 Å². The highest BCUT2D eigenvalue weighted by molar-refractivity contribution is 5.92. The number of likely N-dealkylation sites (N-methyl/N-ethyl adjacent to an activating group) is 1. The quantitative estimate of drug-likeness (QED) is 0.788. The molecule has 2 amide bonds. The third-order valence-corrected chi connectivity index (χ3v) is 2.43. The number of carbonyl (C=O) groups is 2. The van der Waals surface area contributed by atoms with Gasteiger partial charge < -0.3 is 20.1 Å². The van der Waals surface area contributed by atoms with Crippen LogP contribution >= 0.6 is 0 Å². The topological polar surface area (TPSA) is 78.9 Å². The maximum Gasteiger partial charge on any atom is 0.338 e. The SMILES string of the molecule is CCOC(=O)c1ccc(NC(=O)N(C)CCO)cc1. The summed E-state index contributed by atoms with van der Waals surface area (Å²) < 4.78 is 4.86. The molecule has 0 heterocycles. The van der Waals surface area contributed by atoms with Gasteiger partial charge in [0.25, 0.3) is 0 Å². The molecule has 1 rings (SSSR count). The molecule has 0 aliphatic carbocycles. The van der Waals surface area contributed by atoms with Crippen LogP contribution in [-0.2, 0) is 4.74 Å². The number of anilines is 1. The highest BCUT2D eigenvalue weighted by Crippen LogP contribution is 2.11. The first-order valence-electron chi connectivity index (χ1n) is 5.98. The van der Waals surface area contributed by atoms with Crippen molar-refractivity contribution in [1.82, 2.24) is 4.90 Å². The number of hydrogen-bond acceptors (Lipinski definition) is 4. The Morgan fingerprint density at radius 3 is 2.47 bits per heavy atom. The first-order chi connectivity index (χ1) is 9.08. The molecule has 6 nitrogen and oxygen atoms in total. The molecule has 6 heteroatoms. The number of aliphatic hydroxyl groups excluding tert-OH is 1. The van der Waals surface area contributed by atoms with Crippen molar-refractivity contribution < 1.29 is 19.4 Å². The zero-order valence-electron chi connectivity index (χ0n) is 11.0. The van der Waals surface area contributed by atoms with E-state index in [0.717, 1.165) is 0 Å². The first-order valence-corrected chi connectivity index (χ1v) is 5.98. The van der Waals surface area contributed by atoms with Crippen LogP contribution in [0.2, 0.25) is 0 Å². The standard InChI is InChI=1S/C13H18N2O4/c1-3-19-12(17)10-4-6-11(7-5-10)14-13(18)15(2)8-9-16/h4-7,16H,3,8-9H2,1-2H3,(H,14,18). The van der Waals surface area contributed by atoms with Gasteiger partial charge in [-0.25, -0.2) is 9.59 Å². The third kappa shape index (κ3) is 4.59. The summed E-state index contributed by atoms with van der Waals surface area (Å²) in [5, 5.41) is 11.4. The summed E-state index contributed by atoms with van der Waals surface area (Å²) in [6, 6.07) is 6.09. The van der Waals surface area contributed by atoms with Crippen molar-refractivity contribution in [3.05, 3.63) is 29.8 Å². The summed E-state index contributed by atoms with van der Waals surface area (Å²) in [7, 11) is 1.58. The van der Waals surface area contributed by atoms with Crippen molar-refractivity contribution in [3.63, 3.8) is 0 Å². The lowest BCUT2D eigenvalue weighted by molar-refractivity contribution is 0.0526. The lowest BCUT2D eigenvalue weighted by Gasteiger charge is -2.16. The lowest BCUT2D eigenvalue weighted by Crippen LogP contribution is -2.33. The number of nitrogens with one attached hydrogen (secondary N) is 1. The number of aliphatic hydroxyl groups is 1. The summed E-state index contributed by atoms with van der Waals surface area (Å²) in [6.07, 6.45) is 0. The van der Waals surface area contributed by atoms with Gasteiger partial charge in [-0.15, -0.1) is 0 Å². The predicted octanol–water partition coefficient (Wildman–Crippen LogP) is 1.32. The second kappa shape index (κ2) is 7.38. The average Bonchev–Trinajstić information content (AvgIpc) is 2.40. The van der Waals surface area contributed by atoms with Crippen molar-refractivity contribution in [1.29, 1.82) is 0 Å². The number of benzene rings is 1. The van der Waals surface area contributed by atoms with Gasteiger partial charge in [-0.05, 0) is 31.2 Å². The normalized spacial score (nSPS) is 9.84. The van der Waals surface area contributed by atoms with Gasteiger partial charge >= 0.3 is 12.0 Å². The van der Waals surface area contributed by atoms with Gasteiger partial charge in [-0.1, -0.05) is 0 Å². The fourth-order valence-corrected chi connectivity index (χ4v) is 1.37. The van der Waals surface area contributed by atoms with E-state index in [4.69, 9.17) is 9.84 Å². The minimum atomic E-state index is -0.391. The van der Waals surface area contributed by atoms with Crippen molar-refractivity contribution in [2.45, 2.75) is 6.92 Å². The highest BCUT2D eigenvalue weighted by atomic mass is 16.5. The Labute approximate surface area is 112 Å². The summed E-state index contributed by atoms with van der Waals surface area (Å²) in [6.45, 7) is 2.23. The molecule has 0 fully saturated rings. The molecule has 0 spiro atoms. The Hall–Kier alpha value is -2.08. The molecule has 1 aromatic rings. The van der Waals surface area contributed by atoms with E-state index in [1.807, 2.05) is 0 Å². The number of hydrogen-bond donors (Lipinski definition) is 2. The molecule has 1 aromatic carbocycles. The van der Waals surface area contributed by atoms with Crippen LogP contribution in [0.3, 0.4) is 0 Å². The lowest BCUT2D eigenvalue weighted by atomic mass is 10.2. The molecule has 0 radical (unpaired) electrons. The Morgan fingerprint density at radius 1 is 1.32 bits per heavy atom. The van der Waals surface area contributed by atoms with E-state index in [9.17, 15) is 9.59 Å². The number of amides is 2. The van der Waals surface area contributed by atoms with E-state index in [2.05, 4.69) is 5.32 Å². The Kier molecular flexibility index (Phi) is 5.81. The molecular weight excluding hydrogens is 248 g/mol. The molecule has 0 atom stereocenters. The van der Waals surface area contributed by atoms with Crippen molar-refractivity contribution in [3.8, 4) is 0 Å². The number of rotatable bonds is 5. The molecule has 0 bridgehead atoms. The van der Waals surface area contributed by atoms with Crippen LogP contribution in [0.4, 0.5) is 10.5 Å². The fourth-order valence-electron chi connectivity index (χ4n) is 1.37. The van der Waals surface area contributed by atoms with E-state index < -0.39 is 5.97 Å². The molecule has 0 aliphatic heterocycles. The predicted molar refractivity (Wildman–Crippen MR) is 71.1 cm³/mol. The van der Waals surface area contributed by atoms with Gasteiger partial charge in [0, 0.05) is 19.3 Å². The zero-order chi connectivity index (χ0) is 14.3. The molecule has 0 saturated heterocycles. The maximum absolute atomic E-state index is 11.6. The van der Waals surface area contributed by atoms with Crippen molar-refractivity contribution in [2.75, 3.05) is 32.1 Å². The molecule has 19 heavy (non-hydrogen) atoms. The maximum atomic E-state index is 11.6. The number of ether oxygens (including phenoxy) is 1. The highest BCUT2D eigenvalue weighted by Gasteiger charge is 2.09. The van der Waals surface area contributed by atoms with E-state index in [1.54, 1.807) is 38.2 Å². The van der Waals surface area contributed by atoms with E-state index in [-0.39, 0.29) is 19.2 Å². The van der Waals surface area contributed by atoms with E-state index in [1.165, 1.54) is 4.90 Å². The smallest absolute Gasteiger partial charge is 0.338 e. The van der Waals surface area contributed by atoms with Crippen molar-refractivity contribution >= 4 is 17.7 Å². The van der Waals surface area contributed by atoms with Crippen molar-refractivity contribution in [2.24, 2.45) is 0 Å².